The van der Waals surface area contributed by atoms with Crippen LogP contribution in [0.5, 0.6) is 5.75 Å². The van der Waals surface area contributed by atoms with E-state index in [1.807, 2.05) is 0 Å². The number of nitrogens with zero attached hydrogens (tertiary/aromatic N) is 3. The van der Waals surface area contributed by atoms with Crippen molar-refractivity contribution in [2.24, 2.45) is 0 Å². The number of amides is 1. The van der Waals surface area contributed by atoms with E-state index in [1.54, 1.807) is 42.6 Å². The van der Waals surface area contributed by atoms with Crippen LogP contribution in [0.2, 0.25) is 0 Å². The van der Waals surface area contributed by atoms with E-state index in [9.17, 15) is 30.8 Å². The number of hydrogen-bond donors (Lipinski definition) is 3. The highest BCUT2D eigenvalue weighted by molar-refractivity contribution is 7.90. The number of hydrogen-bond acceptors (Lipinski definition) is 8. The average Bonchev–Trinajstić information content (AvgIpc) is 3.41. The number of aliphatic hydroxyl groups excluding tert-OH is 1. The van der Waals surface area contributed by atoms with E-state index in [1.165, 1.54) is 22.7 Å². The number of ether oxygens (including phenoxy) is 1. The molecule has 5 rings (SSSR count). The van der Waals surface area contributed by atoms with Crippen LogP contribution in [0.15, 0.2) is 89.8 Å². The minimum atomic E-state index is -4.65. The Balaban J connectivity index is 1.34. The third-order valence-electron chi connectivity index (χ3n) is 6.24. The number of aromatic nitrogens is 3. The number of sulfone groups is 1. The first-order chi connectivity index (χ1) is 21.8. The summed E-state index contributed by atoms with van der Waals surface area (Å²) >= 11 is 0. The minimum Gasteiger partial charge on any atom is -0.507 e. The van der Waals surface area contributed by atoms with Crippen molar-refractivity contribution in [2.45, 2.75) is 11.1 Å². The van der Waals surface area contributed by atoms with Crippen molar-refractivity contribution in [3.63, 3.8) is 0 Å². The zero-order valence-electron chi connectivity index (χ0n) is 23.6. The van der Waals surface area contributed by atoms with E-state index in [2.05, 4.69) is 38.6 Å². The molecule has 0 aliphatic rings. The van der Waals surface area contributed by atoms with E-state index in [0.29, 0.717) is 23.2 Å². The van der Waals surface area contributed by atoms with Crippen LogP contribution in [-0.2, 0) is 14.6 Å². The lowest BCUT2D eigenvalue weighted by atomic mass is 10.1. The lowest BCUT2D eigenvalue weighted by Crippen LogP contribution is -2.19. The summed E-state index contributed by atoms with van der Waals surface area (Å²) in [6.07, 6.45) is -1.52. The Kier molecular flexibility index (Phi) is 8.68. The Hall–Kier alpha value is -5.84. The molecule has 46 heavy (non-hydrogen) atoms. The van der Waals surface area contributed by atoms with Gasteiger partial charge in [0.15, 0.2) is 27.9 Å². The molecule has 5 aromatic rings. The van der Waals surface area contributed by atoms with Crippen LogP contribution in [0.1, 0.15) is 5.56 Å². The molecule has 3 N–H and O–H groups in total. The Labute approximate surface area is 259 Å². The molecule has 2 aromatic heterocycles. The number of aliphatic hydroxyl groups is 1. The number of nitrogens with one attached hydrogen (secondary N) is 2. The smallest absolute Gasteiger partial charge is 0.422 e. The molecule has 0 aliphatic carbocycles. The molecule has 0 bridgehead atoms. The molecule has 0 unspecified atom stereocenters. The molecule has 0 radical (unpaired) electrons. The summed E-state index contributed by atoms with van der Waals surface area (Å²) in [6.45, 7) is -1.64. The highest BCUT2D eigenvalue weighted by Gasteiger charge is 2.29. The largest absolute Gasteiger partial charge is 0.507 e. The quantitative estimate of drug-likeness (QED) is 0.0775. The van der Waals surface area contributed by atoms with Crippen molar-refractivity contribution in [2.75, 3.05) is 23.5 Å². The van der Waals surface area contributed by atoms with Gasteiger partial charge in [-0.15, -0.1) is 5.10 Å². The summed E-state index contributed by atoms with van der Waals surface area (Å²) in [6, 6.07) is 20.7. The number of halogens is 4. The van der Waals surface area contributed by atoms with Gasteiger partial charge in [-0.05, 0) is 60.2 Å². The number of carbonyl (C=O) groups excluding carboxylic acids is 1. The monoisotopic (exact) mass is 651 g/mol. The summed E-state index contributed by atoms with van der Waals surface area (Å²) in [5, 5.41) is 18.9. The van der Waals surface area contributed by atoms with Crippen molar-refractivity contribution in [3.05, 3.63) is 108 Å². The van der Waals surface area contributed by atoms with E-state index < -0.39 is 34.3 Å². The van der Waals surface area contributed by atoms with Gasteiger partial charge in [-0.25, -0.2) is 12.9 Å². The first kappa shape index (κ1) is 31.6. The van der Waals surface area contributed by atoms with Gasteiger partial charge in [-0.3, -0.25) is 4.79 Å². The maximum absolute atomic E-state index is 13.2. The fourth-order valence-corrected chi connectivity index (χ4v) is 4.76. The molecule has 0 aliphatic heterocycles. The molecule has 0 spiro atoms. The van der Waals surface area contributed by atoms with Crippen molar-refractivity contribution in [1.82, 2.24) is 14.6 Å². The van der Waals surface area contributed by atoms with Crippen LogP contribution >= 0.6 is 0 Å². The molecule has 0 saturated carbocycles. The average molecular weight is 652 g/mol. The van der Waals surface area contributed by atoms with Crippen LogP contribution < -0.4 is 15.4 Å². The highest BCUT2D eigenvalue weighted by Crippen LogP contribution is 2.32. The number of anilines is 3. The predicted octanol–water partition coefficient (Wildman–Crippen LogP) is 5.92. The summed E-state index contributed by atoms with van der Waals surface area (Å²) in [4.78, 5) is 16.9. The van der Waals surface area contributed by atoms with Crippen molar-refractivity contribution < 1.29 is 40.6 Å². The van der Waals surface area contributed by atoms with Gasteiger partial charge in [0.05, 0.1) is 10.6 Å². The predicted molar refractivity (Wildman–Crippen MR) is 160 cm³/mol. The number of pyridine rings is 1. The van der Waals surface area contributed by atoms with Gasteiger partial charge < -0.3 is 20.5 Å². The standard InChI is InChI=1S/C31H21F4N5O5S/c1-46(43,44)24-11-12-26(27(16-24)45-18-31(33,34)35)37-30-38-28-13-6-21(17-40(28)39-30)19-4-9-23(10-5-19)36-29(42)25(14-15-41)20-2-7-22(32)8-3-20/h2,4-7,9-13,15-17,41H,18H2,1H3,(H,36,42)(H,37,39). The van der Waals surface area contributed by atoms with E-state index in [4.69, 9.17) is 9.84 Å². The molecule has 15 heteroatoms. The van der Waals surface area contributed by atoms with Crippen LogP contribution in [0.4, 0.5) is 34.9 Å². The Bertz CT molecular complexity index is 2090. The summed E-state index contributed by atoms with van der Waals surface area (Å²) in [5.74, 6) is -1.63. The SMILES string of the molecule is CS(=O)(=O)c1ccc(Nc2nc3ccc(-c4ccc(NC(=O)C(=C=CO)c5c#cc(F)cc5)cc4)cn3n2)c(OCC(F)(F)F)c1. The molecule has 0 saturated heterocycles. The molecule has 3 aromatic carbocycles. The number of rotatable bonds is 9. The second-order valence-electron chi connectivity index (χ2n) is 9.64. The molecule has 10 nitrogen and oxygen atoms in total. The maximum Gasteiger partial charge on any atom is 0.422 e. The zero-order valence-corrected chi connectivity index (χ0v) is 24.4. The Morgan fingerprint density at radius 3 is 2.46 bits per heavy atom. The van der Waals surface area contributed by atoms with E-state index in [-0.39, 0.29) is 33.4 Å². The maximum atomic E-state index is 13.2. The summed E-state index contributed by atoms with van der Waals surface area (Å²) < 4.78 is 81.9. The van der Waals surface area contributed by atoms with Gasteiger partial charge in [-0.2, -0.15) is 22.5 Å². The van der Waals surface area contributed by atoms with Crippen LogP contribution in [-0.4, -0.2) is 53.1 Å². The molecule has 0 atom stereocenters. The van der Waals surface area contributed by atoms with E-state index in [0.717, 1.165) is 24.0 Å². The lowest BCUT2D eigenvalue weighted by Gasteiger charge is -2.14. The molecule has 1 amide bonds. The van der Waals surface area contributed by atoms with Crippen LogP contribution in [0, 0.1) is 17.9 Å². The first-order valence-electron chi connectivity index (χ1n) is 13.1. The van der Waals surface area contributed by atoms with Crippen molar-refractivity contribution in [1.29, 1.82) is 0 Å². The van der Waals surface area contributed by atoms with Gasteiger partial charge in [-0.1, -0.05) is 23.9 Å². The molecular weight excluding hydrogens is 630 g/mol. The third kappa shape index (κ3) is 7.62. The number of alkyl halides is 3. The van der Waals surface area contributed by atoms with Gasteiger partial charge >= 0.3 is 6.18 Å². The normalized spacial score (nSPS) is 11.3. The molecule has 2 heterocycles. The molecule has 0 fully saturated rings. The zero-order chi connectivity index (χ0) is 33.1. The summed E-state index contributed by atoms with van der Waals surface area (Å²) in [7, 11) is -3.72. The van der Waals surface area contributed by atoms with Gasteiger partial charge in [0, 0.05) is 35.3 Å². The first-order valence-corrected chi connectivity index (χ1v) is 15.0. The molecular formula is C31H21F4N5O5S. The number of benzene rings is 2. The molecule has 234 valence electrons. The van der Waals surface area contributed by atoms with Gasteiger partial charge in [0.2, 0.25) is 5.95 Å². The highest BCUT2D eigenvalue weighted by atomic mass is 32.2. The number of carbonyl (C=O) groups is 1. The topological polar surface area (TPSA) is 135 Å². The number of fused-ring (bicyclic) bond motifs is 1. The van der Waals surface area contributed by atoms with Crippen LogP contribution in [0.25, 0.3) is 22.3 Å². The lowest BCUT2D eigenvalue weighted by molar-refractivity contribution is -0.153. The third-order valence-corrected chi connectivity index (χ3v) is 7.35. The van der Waals surface area contributed by atoms with E-state index >= 15 is 0 Å². The Morgan fingerprint density at radius 2 is 1.80 bits per heavy atom. The van der Waals surface area contributed by atoms with Crippen molar-refractivity contribution >= 4 is 44.3 Å². The minimum absolute atomic E-state index is 0.0101. The second kappa shape index (κ2) is 12.6. The van der Waals surface area contributed by atoms with Crippen molar-refractivity contribution in [3.8, 4) is 16.9 Å². The Morgan fingerprint density at radius 1 is 1.07 bits per heavy atom. The summed E-state index contributed by atoms with van der Waals surface area (Å²) in [5.41, 5.74) is 4.75. The van der Waals surface area contributed by atoms with Gasteiger partial charge in [0.25, 0.3) is 5.91 Å². The van der Waals surface area contributed by atoms with Gasteiger partial charge in [0.1, 0.15) is 17.6 Å². The fourth-order valence-electron chi connectivity index (χ4n) is 4.13. The second-order valence-corrected chi connectivity index (χ2v) is 11.7. The van der Waals surface area contributed by atoms with Crippen LogP contribution in [0.3, 0.4) is 0 Å². The fraction of sp³-hybridized carbons (Fsp3) is 0.0968.